The molecular formula is C9H21NO3. The van der Waals surface area contributed by atoms with Gasteiger partial charge in [-0.15, -0.1) is 0 Å². The van der Waals surface area contributed by atoms with Gasteiger partial charge in [-0.1, -0.05) is 0 Å². The molecule has 0 atom stereocenters. The van der Waals surface area contributed by atoms with Crippen LogP contribution in [0.25, 0.3) is 0 Å². The van der Waals surface area contributed by atoms with Crippen molar-refractivity contribution < 1.29 is 14.2 Å². The van der Waals surface area contributed by atoms with Gasteiger partial charge in [0.2, 0.25) is 0 Å². The Bertz CT molecular complexity index is 96.9. The van der Waals surface area contributed by atoms with Crippen LogP contribution < -0.4 is 5.73 Å². The molecule has 0 aromatic heterocycles. The van der Waals surface area contributed by atoms with E-state index >= 15 is 0 Å². The maximum Gasteiger partial charge on any atom is 0.156 e. The second-order valence-electron chi connectivity index (χ2n) is 2.80. The molecular weight excluding hydrogens is 170 g/mol. The summed E-state index contributed by atoms with van der Waals surface area (Å²) in [7, 11) is 3.28. The van der Waals surface area contributed by atoms with Gasteiger partial charge in [-0.2, -0.15) is 0 Å². The third-order valence-electron chi connectivity index (χ3n) is 1.75. The average Bonchev–Trinajstić information content (AvgIpc) is 2.17. The number of rotatable bonds is 9. The Morgan fingerprint density at radius 1 is 1.08 bits per heavy atom. The lowest BCUT2D eigenvalue weighted by atomic mass is 10.3. The lowest BCUT2D eigenvalue weighted by molar-refractivity contribution is -0.109. The van der Waals surface area contributed by atoms with Crippen LogP contribution in [0.5, 0.6) is 0 Å². The molecule has 0 bridgehead atoms. The van der Waals surface area contributed by atoms with Gasteiger partial charge in [-0.05, 0) is 19.4 Å². The van der Waals surface area contributed by atoms with Crippen molar-refractivity contribution in [2.75, 3.05) is 34.0 Å². The Morgan fingerprint density at radius 3 is 2.23 bits per heavy atom. The van der Waals surface area contributed by atoms with Crippen molar-refractivity contribution in [3.05, 3.63) is 0 Å². The molecule has 0 amide bonds. The molecule has 0 aromatic carbocycles. The van der Waals surface area contributed by atoms with Crippen LogP contribution in [0.3, 0.4) is 0 Å². The second-order valence-corrected chi connectivity index (χ2v) is 2.80. The summed E-state index contributed by atoms with van der Waals surface area (Å²) < 4.78 is 15.4. The molecule has 0 radical (unpaired) electrons. The highest BCUT2D eigenvalue weighted by molar-refractivity contribution is 4.44. The Labute approximate surface area is 80.3 Å². The summed E-state index contributed by atoms with van der Waals surface area (Å²) in [4.78, 5) is 0. The molecule has 0 aliphatic rings. The van der Waals surface area contributed by atoms with Crippen LogP contribution in [0.2, 0.25) is 0 Å². The number of methoxy groups -OCH3 is 2. The highest BCUT2D eigenvalue weighted by Crippen LogP contribution is 2.01. The van der Waals surface area contributed by atoms with E-state index in [1.807, 2.05) is 0 Å². The van der Waals surface area contributed by atoms with Gasteiger partial charge in [-0.3, -0.25) is 0 Å². The molecule has 0 spiro atoms. The highest BCUT2D eigenvalue weighted by Gasteiger charge is 2.03. The lowest BCUT2D eigenvalue weighted by Gasteiger charge is -2.12. The fraction of sp³-hybridized carbons (Fsp3) is 1.00. The molecule has 80 valence electrons. The van der Waals surface area contributed by atoms with E-state index in [4.69, 9.17) is 19.9 Å². The predicted octanol–water partition coefficient (Wildman–Crippen LogP) is 0.751. The smallest absolute Gasteiger partial charge is 0.156 e. The van der Waals surface area contributed by atoms with E-state index in [0.717, 1.165) is 32.5 Å². The first-order valence-corrected chi connectivity index (χ1v) is 4.68. The molecule has 2 N–H and O–H groups in total. The topological polar surface area (TPSA) is 53.7 Å². The van der Waals surface area contributed by atoms with E-state index in [9.17, 15) is 0 Å². The minimum atomic E-state index is -0.0990. The SMILES string of the molecule is COC(CCCOCCCN)OC. The number of ether oxygens (including phenoxy) is 3. The van der Waals surface area contributed by atoms with E-state index in [1.54, 1.807) is 14.2 Å². The molecule has 4 heteroatoms. The third-order valence-corrected chi connectivity index (χ3v) is 1.75. The Morgan fingerprint density at radius 2 is 1.69 bits per heavy atom. The van der Waals surface area contributed by atoms with Crippen LogP contribution in [0.4, 0.5) is 0 Å². The van der Waals surface area contributed by atoms with Gasteiger partial charge < -0.3 is 19.9 Å². The summed E-state index contributed by atoms with van der Waals surface area (Å²) in [6.07, 6.45) is 2.66. The first-order valence-electron chi connectivity index (χ1n) is 4.68. The van der Waals surface area contributed by atoms with E-state index < -0.39 is 0 Å². The standard InChI is InChI=1S/C9H21NO3/c1-11-9(12-2)5-3-7-13-8-4-6-10/h9H,3-8,10H2,1-2H3. The molecule has 13 heavy (non-hydrogen) atoms. The van der Waals surface area contributed by atoms with E-state index in [0.29, 0.717) is 6.54 Å². The van der Waals surface area contributed by atoms with Crippen molar-refractivity contribution in [3.8, 4) is 0 Å². The van der Waals surface area contributed by atoms with Crippen LogP contribution in [-0.4, -0.2) is 40.3 Å². The molecule has 0 aliphatic heterocycles. The van der Waals surface area contributed by atoms with Crippen molar-refractivity contribution >= 4 is 0 Å². The molecule has 0 rings (SSSR count). The molecule has 4 nitrogen and oxygen atoms in total. The zero-order chi connectivity index (χ0) is 9.94. The summed E-state index contributed by atoms with van der Waals surface area (Å²) in [6.45, 7) is 2.20. The maximum atomic E-state index is 5.32. The minimum Gasteiger partial charge on any atom is -0.381 e. The van der Waals surface area contributed by atoms with Crippen molar-refractivity contribution in [1.29, 1.82) is 0 Å². The Hall–Kier alpha value is -0.160. The third kappa shape index (κ3) is 8.18. The molecule has 0 saturated heterocycles. The van der Waals surface area contributed by atoms with Crippen LogP contribution in [0, 0.1) is 0 Å². The van der Waals surface area contributed by atoms with Gasteiger partial charge in [0, 0.05) is 33.9 Å². The van der Waals surface area contributed by atoms with Gasteiger partial charge in [0.25, 0.3) is 0 Å². The molecule has 0 fully saturated rings. The summed E-state index contributed by atoms with van der Waals surface area (Å²) in [5.74, 6) is 0. The van der Waals surface area contributed by atoms with Gasteiger partial charge in [0.15, 0.2) is 6.29 Å². The van der Waals surface area contributed by atoms with Crippen LogP contribution >= 0.6 is 0 Å². The normalized spacial score (nSPS) is 11.1. The largest absolute Gasteiger partial charge is 0.381 e. The predicted molar refractivity (Wildman–Crippen MR) is 51.5 cm³/mol. The monoisotopic (exact) mass is 191 g/mol. The van der Waals surface area contributed by atoms with Crippen molar-refractivity contribution in [1.82, 2.24) is 0 Å². The number of hydrogen-bond acceptors (Lipinski definition) is 4. The van der Waals surface area contributed by atoms with Crippen molar-refractivity contribution in [2.45, 2.75) is 25.6 Å². The zero-order valence-electron chi connectivity index (χ0n) is 8.62. The second kappa shape index (κ2) is 9.92. The summed E-state index contributed by atoms with van der Waals surface area (Å²) in [5, 5.41) is 0. The van der Waals surface area contributed by atoms with Gasteiger partial charge in [0.05, 0.1) is 0 Å². The highest BCUT2D eigenvalue weighted by atomic mass is 16.7. The first kappa shape index (κ1) is 12.8. The summed E-state index contributed by atoms with van der Waals surface area (Å²) in [5.41, 5.74) is 5.31. The molecule has 0 heterocycles. The van der Waals surface area contributed by atoms with Crippen LogP contribution in [0.15, 0.2) is 0 Å². The van der Waals surface area contributed by atoms with Crippen molar-refractivity contribution in [3.63, 3.8) is 0 Å². The van der Waals surface area contributed by atoms with Crippen molar-refractivity contribution in [2.24, 2.45) is 5.73 Å². The Kier molecular flexibility index (Phi) is 9.80. The fourth-order valence-electron chi connectivity index (χ4n) is 0.971. The van der Waals surface area contributed by atoms with Gasteiger partial charge in [0.1, 0.15) is 0 Å². The number of hydrogen-bond donors (Lipinski definition) is 1. The Balaban J connectivity index is 3.05. The molecule has 0 aliphatic carbocycles. The van der Waals surface area contributed by atoms with Gasteiger partial charge in [-0.25, -0.2) is 0 Å². The van der Waals surface area contributed by atoms with E-state index in [-0.39, 0.29) is 6.29 Å². The summed E-state index contributed by atoms with van der Waals surface area (Å²) >= 11 is 0. The first-order chi connectivity index (χ1) is 6.35. The molecule has 0 unspecified atom stereocenters. The van der Waals surface area contributed by atoms with E-state index in [2.05, 4.69) is 0 Å². The number of nitrogens with two attached hydrogens (primary N) is 1. The maximum absolute atomic E-state index is 5.32. The molecule has 0 aromatic rings. The van der Waals surface area contributed by atoms with Gasteiger partial charge >= 0.3 is 0 Å². The summed E-state index contributed by atoms with van der Waals surface area (Å²) in [6, 6.07) is 0. The van der Waals surface area contributed by atoms with Crippen LogP contribution in [0.1, 0.15) is 19.3 Å². The minimum absolute atomic E-state index is 0.0990. The van der Waals surface area contributed by atoms with Crippen LogP contribution in [-0.2, 0) is 14.2 Å². The quantitative estimate of drug-likeness (QED) is 0.431. The average molecular weight is 191 g/mol. The zero-order valence-corrected chi connectivity index (χ0v) is 8.62. The lowest BCUT2D eigenvalue weighted by Crippen LogP contribution is -2.14. The fourth-order valence-corrected chi connectivity index (χ4v) is 0.971. The van der Waals surface area contributed by atoms with E-state index in [1.165, 1.54) is 0 Å². The molecule has 0 saturated carbocycles.